The predicted molar refractivity (Wildman–Crippen MR) is 139 cm³/mol. The van der Waals surface area contributed by atoms with Crippen LogP contribution < -0.4 is 21.5 Å². The maximum atomic E-state index is 13.9. The summed E-state index contributed by atoms with van der Waals surface area (Å²) in [5, 5.41) is 2.54. The van der Waals surface area contributed by atoms with Gasteiger partial charge >= 0.3 is 5.97 Å². The van der Waals surface area contributed by atoms with Crippen LogP contribution in [-0.4, -0.2) is 57.7 Å². The predicted octanol–water partition coefficient (Wildman–Crippen LogP) is 1.68. The number of nitrogens with two attached hydrogens (primary N) is 2. The first-order chi connectivity index (χ1) is 18.3. The number of benzene rings is 1. The Morgan fingerprint density at radius 1 is 1.11 bits per heavy atom. The Kier molecular flexibility index (Phi) is 9.71. The third kappa shape index (κ3) is 6.82. The number of carbonyl (C=O) groups excluding carboxylic acids is 4. The van der Waals surface area contributed by atoms with E-state index in [0.29, 0.717) is 35.0 Å². The number of ether oxygens (including phenoxy) is 2. The Bertz CT molecular complexity index is 1280. The van der Waals surface area contributed by atoms with Crippen molar-refractivity contribution in [2.45, 2.75) is 26.4 Å². The molecule has 1 atom stereocenters. The summed E-state index contributed by atoms with van der Waals surface area (Å²) in [7, 11) is 0. The van der Waals surface area contributed by atoms with Gasteiger partial charge in [-0.3, -0.25) is 24.2 Å². The Labute approximate surface area is 223 Å². The van der Waals surface area contributed by atoms with Crippen LogP contribution in [0.25, 0.3) is 0 Å². The van der Waals surface area contributed by atoms with E-state index in [2.05, 4.69) is 14.7 Å². The van der Waals surface area contributed by atoms with E-state index in [0.717, 1.165) is 0 Å². The molecule has 0 unspecified atom stereocenters. The molecule has 0 aliphatic rings. The van der Waals surface area contributed by atoms with Gasteiger partial charge in [0.25, 0.3) is 11.8 Å². The van der Waals surface area contributed by atoms with E-state index in [1.165, 1.54) is 4.90 Å². The monoisotopic (exact) mass is 540 g/mol. The lowest BCUT2D eigenvalue weighted by molar-refractivity contribution is -0.143. The molecular weight excluding hydrogens is 512 g/mol. The van der Waals surface area contributed by atoms with Crippen LogP contribution in [-0.2, 0) is 20.9 Å². The molecule has 0 fully saturated rings. The van der Waals surface area contributed by atoms with Crippen molar-refractivity contribution in [3.05, 3.63) is 70.5 Å². The largest absolute Gasteiger partial charge is 0.494 e. The molecule has 0 saturated heterocycles. The maximum Gasteiger partial charge on any atom is 0.325 e. The number of hydrogen-bond acceptors (Lipinski definition) is 10. The highest BCUT2D eigenvalue weighted by molar-refractivity contribution is 7.09. The molecule has 13 heteroatoms. The Morgan fingerprint density at radius 2 is 1.84 bits per heavy atom. The first-order valence-electron chi connectivity index (χ1n) is 11.7. The second kappa shape index (κ2) is 13.1. The minimum Gasteiger partial charge on any atom is -0.494 e. The average molecular weight is 541 g/mol. The zero-order valence-corrected chi connectivity index (χ0v) is 21.7. The van der Waals surface area contributed by atoms with E-state index in [1.54, 1.807) is 55.7 Å². The summed E-state index contributed by atoms with van der Waals surface area (Å²) < 4.78 is 14.3. The van der Waals surface area contributed by atoms with Crippen LogP contribution in [0.2, 0.25) is 0 Å². The normalized spacial score (nSPS) is 11.3. The Hall–Kier alpha value is -4.52. The summed E-state index contributed by atoms with van der Waals surface area (Å²) in [6.07, 6.45) is 3.13. The lowest BCUT2D eigenvalue weighted by Crippen LogP contribution is -2.44. The molecule has 5 N–H and O–H groups in total. The van der Waals surface area contributed by atoms with Gasteiger partial charge in [0.15, 0.2) is 5.69 Å². The highest BCUT2D eigenvalue weighted by Gasteiger charge is 2.35. The van der Waals surface area contributed by atoms with Gasteiger partial charge in [-0.25, -0.2) is 0 Å². The molecule has 2 heterocycles. The van der Waals surface area contributed by atoms with E-state index in [-0.39, 0.29) is 29.4 Å². The molecule has 3 aromatic rings. The lowest BCUT2D eigenvalue weighted by Gasteiger charge is -2.31. The van der Waals surface area contributed by atoms with Gasteiger partial charge in [0.1, 0.15) is 23.2 Å². The average Bonchev–Trinajstić information content (AvgIpc) is 3.30. The summed E-state index contributed by atoms with van der Waals surface area (Å²) in [6.45, 7) is 3.63. The van der Waals surface area contributed by atoms with E-state index < -0.39 is 36.3 Å². The number of anilines is 1. The minimum absolute atomic E-state index is 0.0549. The highest BCUT2D eigenvalue weighted by Crippen LogP contribution is 2.31. The van der Waals surface area contributed by atoms with Gasteiger partial charge in [0, 0.05) is 18.9 Å². The van der Waals surface area contributed by atoms with Crippen LogP contribution in [0, 0.1) is 0 Å². The van der Waals surface area contributed by atoms with E-state index in [1.807, 2.05) is 6.92 Å². The fourth-order valence-corrected chi connectivity index (χ4v) is 4.34. The van der Waals surface area contributed by atoms with Crippen molar-refractivity contribution in [3.63, 3.8) is 0 Å². The number of hydrogen-bond donors (Lipinski definition) is 3. The van der Waals surface area contributed by atoms with E-state index >= 15 is 0 Å². The number of nitrogens with zero attached hydrogens (tertiary/aromatic N) is 3. The molecule has 200 valence electrons. The first-order valence-corrected chi connectivity index (χ1v) is 12.4. The van der Waals surface area contributed by atoms with Crippen LogP contribution >= 0.6 is 11.5 Å². The third-order valence-corrected chi connectivity index (χ3v) is 6.12. The molecule has 0 saturated carbocycles. The Balaban J connectivity index is 2.08. The lowest BCUT2D eigenvalue weighted by atomic mass is 10.0. The van der Waals surface area contributed by atoms with Gasteiger partial charge in [-0.1, -0.05) is 18.2 Å². The summed E-state index contributed by atoms with van der Waals surface area (Å²) in [5.41, 5.74) is 12.0. The second-order valence-electron chi connectivity index (χ2n) is 7.86. The second-order valence-corrected chi connectivity index (χ2v) is 8.63. The molecular formula is C25H28N6O6S. The van der Waals surface area contributed by atoms with Crippen LogP contribution in [0.4, 0.5) is 5.69 Å². The summed E-state index contributed by atoms with van der Waals surface area (Å²) in [4.78, 5) is 56.4. The molecule has 0 aliphatic heterocycles. The van der Waals surface area contributed by atoms with Gasteiger partial charge in [-0.2, -0.15) is 4.37 Å². The molecule has 1 aromatic carbocycles. The summed E-state index contributed by atoms with van der Waals surface area (Å²) in [5.74, 6) is -2.25. The van der Waals surface area contributed by atoms with Crippen LogP contribution in [0.5, 0.6) is 5.75 Å². The van der Waals surface area contributed by atoms with Crippen molar-refractivity contribution >= 4 is 40.9 Å². The molecule has 38 heavy (non-hydrogen) atoms. The first kappa shape index (κ1) is 28.1. The van der Waals surface area contributed by atoms with Crippen LogP contribution in [0.15, 0.2) is 48.8 Å². The number of nitrogens with one attached hydrogen (secondary N) is 1. The van der Waals surface area contributed by atoms with Gasteiger partial charge < -0.3 is 31.2 Å². The number of primary amides is 1. The molecule has 12 nitrogen and oxygen atoms in total. The van der Waals surface area contributed by atoms with Gasteiger partial charge in [0.2, 0.25) is 5.91 Å². The standard InChI is InChI=1S/C25H28N6O6S/c1-3-36-17-9-7-16(8-10-17)21(24(34)29-13-18(32)37-4-2)31(14-15-6-5-11-28-12-15)25(35)22-19(26)20(23(27)33)30-38-22/h5-12,21H,3-4,13-14,26H2,1-2H3,(H2,27,33)(H,29,34)/t21-/m0/s1. The van der Waals surface area contributed by atoms with Gasteiger partial charge in [-0.15, -0.1) is 0 Å². The van der Waals surface area contributed by atoms with Crippen LogP contribution in [0.3, 0.4) is 0 Å². The van der Waals surface area contributed by atoms with Crippen molar-refractivity contribution in [2.24, 2.45) is 5.73 Å². The number of carbonyl (C=O) groups is 4. The highest BCUT2D eigenvalue weighted by atomic mass is 32.1. The molecule has 0 radical (unpaired) electrons. The molecule has 3 rings (SSSR count). The number of amides is 3. The zero-order chi connectivity index (χ0) is 27.7. The summed E-state index contributed by atoms with van der Waals surface area (Å²) >= 11 is 0.701. The number of pyridine rings is 1. The topological polar surface area (TPSA) is 180 Å². The quantitative estimate of drug-likeness (QED) is 0.288. The van der Waals surface area contributed by atoms with E-state index in [4.69, 9.17) is 20.9 Å². The van der Waals surface area contributed by atoms with Crippen molar-refractivity contribution < 1.29 is 28.7 Å². The fourth-order valence-electron chi connectivity index (χ4n) is 3.58. The zero-order valence-electron chi connectivity index (χ0n) is 20.9. The molecule has 0 aliphatic carbocycles. The molecule has 0 spiro atoms. The smallest absolute Gasteiger partial charge is 0.325 e. The Morgan fingerprint density at radius 3 is 2.42 bits per heavy atom. The number of aromatic nitrogens is 2. The van der Waals surface area contributed by atoms with Crippen molar-refractivity contribution in [1.29, 1.82) is 0 Å². The minimum atomic E-state index is -1.22. The number of nitrogen functional groups attached to an aromatic ring is 1. The summed E-state index contributed by atoms with van der Waals surface area (Å²) in [6, 6.07) is 8.85. The van der Waals surface area contributed by atoms with Gasteiger partial charge in [-0.05, 0) is 54.7 Å². The van der Waals surface area contributed by atoms with Crippen molar-refractivity contribution in [2.75, 3.05) is 25.5 Å². The molecule has 0 bridgehead atoms. The molecule has 3 amide bonds. The fraction of sp³-hybridized carbons (Fsp3) is 0.280. The molecule has 2 aromatic heterocycles. The van der Waals surface area contributed by atoms with Crippen LogP contribution in [0.1, 0.15) is 51.2 Å². The SMILES string of the molecule is CCOC(=O)CNC(=O)[C@H](c1ccc(OCC)cc1)N(Cc1cccnc1)C(=O)c1snc(C(N)=O)c1N. The number of esters is 1. The van der Waals surface area contributed by atoms with Crippen molar-refractivity contribution in [1.82, 2.24) is 19.6 Å². The van der Waals surface area contributed by atoms with Gasteiger partial charge in [0.05, 0.1) is 18.9 Å². The van der Waals surface area contributed by atoms with Crippen molar-refractivity contribution in [3.8, 4) is 5.75 Å². The maximum absolute atomic E-state index is 13.9. The number of rotatable bonds is 12. The van der Waals surface area contributed by atoms with E-state index in [9.17, 15) is 19.2 Å². The third-order valence-electron chi connectivity index (χ3n) is 5.27.